The Balaban J connectivity index is 1.52. The number of aryl methyl sites for hydroxylation is 1. The molecule has 0 aliphatic carbocycles. The summed E-state index contributed by atoms with van der Waals surface area (Å²) in [7, 11) is 5.48. The number of imide groups is 1. The van der Waals surface area contributed by atoms with Gasteiger partial charge in [-0.2, -0.15) is 0 Å². The lowest BCUT2D eigenvalue weighted by Gasteiger charge is -2.39. The predicted molar refractivity (Wildman–Crippen MR) is 225 cm³/mol. The number of nitrogens with one attached hydrogen (secondary N) is 4. The Labute approximate surface area is 339 Å². The van der Waals surface area contributed by atoms with Crippen molar-refractivity contribution in [2.24, 2.45) is 18.4 Å². The molecular weight excluding hydrogens is 723 g/mol. The largest absolute Gasteiger partial charge is 0.356 e. The Bertz CT molecular complexity index is 1800. The summed E-state index contributed by atoms with van der Waals surface area (Å²) in [6.45, 7) is 16.9. The van der Waals surface area contributed by atoms with E-state index in [9.17, 15) is 28.8 Å². The van der Waals surface area contributed by atoms with Gasteiger partial charge in [-0.05, 0) is 62.6 Å². The number of carbonyl (C=O) groups is 6. The van der Waals surface area contributed by atoms with Crippen LogP contribution >= 0.6 is 0 Å². The van der Waals surface area contributed by atoms with E-state index in [0.29, 0.717) is 57.3 Å². The van der Waals surface area contributed by atoms with Gasteiger partial charge in [0, 0.05) is 80.4 Å². The second kappa shape index (κ2) is 20.6. The molecule has 314 valence electrons. The van der Waals surface area contributed by atoms with E-state index in [0.717, 1.165) is 22.9 Å². The number of para-hydroxylation sites is 1. The third-order valence-corrected chi connectivity index (χ3v) is 10.9. The summed E-state index contributed by atoms with van der Waals surface area (Å²) in [5, 5.41) is 13.3. The first-order valence-corrected chi connectivity index (χ1v) is 20.3. The van der Waals surface area contributed by atoms with Crippen molar-refractivity contribution in [1.29, 1.82) is 0 Å². The van der Waals surface area contributed by atoms with E-state index in [2.05, 4.69) is 44.2 Å². The van der Waals surface area contributed by atoms with Crippen LogP contribution in [0.4, 0.5) is 0 Å². The maximum Gasteiger partial charge on any atom is 0.253 e. The number of aromatic nitrogens is 1. The van der Waals surface area contributed by atoms with Gasteiger partial charge in [-0.3, -0.25) is 33.7 Å². The number of carbonyl (C=O) groups excluding carboxylic acids is 6. The summed E-state index contributed by atoms with van der Waals surface area (Å²) < 4.78 is 2.07. The van der Waals surface area contributed by atoms with Gasteiger partial charge in [-0.15, -0.1) is 0 Å². The average molecular weight is 790 g/mol. The van der Waals surface area contributed by atoms with Crippen molar-refractivity contribution in [3.63, 3.8) is 0 Å². The fourth-order valence-corrected chi connectivity index (χ4v) is 7.43. The maximum atomic E-state index is 14.3. The highest BCUT2D eigenvalue weighted by molar-refractivity contribution is 6.12. The summed E-state index contributed by atoms with van der Waals surface area (Å²) in [6, 6.07) is 6.23. The van der Waals surface area contributed by atoms with Gasteiger partial charge in [-0.1, -0.05) is 79.2 Å². The highest BCUT2D eigenvalue weighted by Gasteiger charge is 2.42. The van der Waals surface area contributed by atoms with Gasteiger partial charge in [-0.25, -0.2) is 0 Å². The second-order valence-corrected chi connectivity index (χ2v) is 17.2. The number of hydrogen-bond donors (Lipinski definition) is 4. The number of likely N-dealkylation sites (N-methyl/N-ethyl adjacent to an activating group) is 2. The van der Waals surface area contributed by atoms with E-state index < -0.39 is 29.0 Å². The number of nitrogens with zero attached hydrogens (tertiary/aromatic N) is 3. The molecule has 57 heavy (non-hydrogen) atoms. The molecule has 2 heterocycles. The number of fused-ring (bicyclic) bond motifs is 1. The van der Waals surface area contributed by atoms with Gasteiger partial charge in [0.15, 0.2) is 0 Å². The number of hydrogen-bond acceptors (Lipinski definition) is 7. The molecule has 1 aliphatic rings. The van der Waals surface area contributed by atoms with Crippen LogP contribution in [0.5, 0.6) is 0 Å². The third-order valence-electron chi connectivity index (χ3n) is 10.9. The van der Waals surface area contributed by atoms with E-state index in [4.69, 9.17) is 0 Å². The summed E-state index contributed by atoms with van der Waals surface area (Å²) in [5.41, 5.74) is 1.35. The van der Waals surface area contributed by atoms with Crippen LogP contribution in [0.15, 0.2) is 54.3 Å². The fraction of sp³-hybridized carbons (Fsp3) is 0.591. The molecule has 2 aromatic rings. The standard InChI is InChI=1S/C44H67N7O6/c1-29(2)34(27-30(3)40(55)47-25-17-16-24-46-35(52)21-13-12-18-26-51-36(53)22-23-37(51)54)50(11)42(57)39(43(4,5)6)48-41(56)38(45-9)44(7,8)32-28-49(10)33-20-15-14-19-31(32)33/h14-15,19-20,22-23,27-29,34,38-39,45H,12-13,16-18,21,24-26H2,1-11H3,(H,46,52)(H,47,55)(H,48,56)/b30-27+/t34-,38-,39?/m1/s1. The van der Waals surface area contributed by atoms with Crippen LogP contribution in [0.25, 0.3) is 10.9 Å². The zero-order chi connectivity index (χ0) is 42.7. The average Bonchev–Trinajstić information content (AvgIpc) is 3.66. The summed E-state index contributed by atoms with van der Waals surface area (Å²) in [5.74, 6) is -1.39. The van der Waals surface area contributed by atoms with Crippen LogP contribution in [0.1, 0.15) is 99.5 Å². The lowest BCUT2D eigenvalue weighted by Crippen LogP contribution is -2.61. The zero-order valence-corrected chi connectivity index (χ0v) is 36.1. The van der Waals surface area contributed by atoms with Crippen molar-refractivity contribution in [3.8, 4) is 0 Å². The molecule has 3 atom stereocenters. The van der Waals surface area contributed by atoms with E-state index in [1.165, 1.54) is 17.1 Å². The summed E-state index contributed by atoms with van der Waals surface area (Å²) in [6.07, 6.45) is 10.2. The topological polar surface area (TPSA) is 162 Å². The highest BCUT2D eigenvalue weighted by Crippen LogP contribution is 2.35. The molecule has 1 aromatic heterocycles. The normalized spacial score (nSPS) is 15.2. The molecule has 0 bridgehead atoms. The molecule has 0 spiro atoms. The van der Waals surface area contributed by atoms with Crippen molar-refractivity contribution in [2.75, 3.05) is 33.7 Å². The molecule has 1 aliphatic heterocycles. The van der Waals surface area contributed by atoms with Crippen LogP contribution < -0.4 is 21.3 Å². The van der Waals surface area contributed by atoms with Gasteiger partial charge >= 0.3 is 0 Å². The SMILES string of the molecule is CN[C@H](C(=O)NC(C(=O)N(C)[C@H](/C=C(\C)C(=O)NCCCCNC(=O)CCCCCN1C(=O)C=CC1=O)C(C)C)C(C)(C)C)C(C)(C)c1cn(C)c2ccccc12. The van der Waals surface area contributed by atoms with Gasteiger partial charge in [0.1, 0.15) is 6.04 Å². The Hall–Kier alpha value is -4.78. The van der Waals surface area contributed by atoms with Crippen molar-refractivity contribution in [2.45, 2.75) is 117 Å². The maximum absolute atomic E-state index is 14.3. The molecule has 6 amide bonds. The molecule has 13 heteroatoms. The number of unbranched alkanes of at least 4 members (excludes halogenated alkanes) is 3. The molecule has 1 unspecified atom stereocenters. The number of benzene rings is 1. The first kappa shape index (κ1) is 46.6. The van der Waals surface area contributed by atoms with Crippen LogP contribution in [0.2, 0.25) is 0 Å². The first-order chi connectivity index (χ1) is 26.7. The summed E-state index contributed by atoms with van der Waals surface area (Å²) in [4.78, 5) is 79.9. The molecule has 3 rings (SSSR count). The third kappa shape index (κ3) is 12.4. The molecule has 4 N–H and O–H groups in total. The fourth-order valence-electron chi connectivity index (χ4n) is 7.43. The van der Waals surface area contributed by atoms with Crippen molar-refractivity contribution < 1.29 is 28.8 Å². The lowest BCUT2D eigenvalue weighted by molar-refractivity contribution is -0.141. The molecule has 0 radical (unpaired) electrons. The Morgan fingerprint density at radius 1 is 0.860 bits per heavy atom. The number of amides is 6. The molecule has 0 saturated heterocycles. The Morgan fingerprint density at radius 2 is 1.47 bits per heavy atom. The van der Waals surface area contributed by atoms with Gasteiger partial charge in [0.05, 0.1) is 12.1 Å². The van der Waals surface area contributed by atoms with E-state index in [1.807, 2.05) is 73.7 Å². The Kier molecular flexibility index (Phi) is 16.8. The first-order valence-electron chi connectivity index (χ1n) is 20.3. The minimum Gasteiger partial charge on any atom is -0.356 e. The highest BCUT2D eigenvalue weighted by atomic mass is 16.2. The molecule has 0 fully saturated rings. The lowest BCUT2D eigenvalue weighted by atomic mass is 9.76. The van der Waals surface area contributed by atoms with Crippen LogP contribution in [0.3, 0.4) is 0 Å². The van der Waals surface area contributed by atoms with E-state index >= 15 is 0 Å². The molecule has 1 aromatic carbocycles. The van der Waals surface area contributed by atoms with E-state index in [1.54, 1.807) is 25.9 Å². The van der Waals surface area contributed by atoms with Crippen LogP contribution in [-0.2, 0) is 41.2 Å². The minimum absolute atomic E-state index is 0.0206. The van der Waals surface area contributed by atoms with Crippen LogP contribution in [0, 0.1) is 11.3 Å². The minimum atomic E-state index is -0.838. The van der Waals surface area contributed by atoms with Gasteiger partial charge in [0.25, 0.3) is 11.8 Å². The Morgan fingerprint density at radius 3 is 2.07 bits per heavy atom. The predicted octanol–water partition coefficient (Wildman–Crippen LogP) is 4.50. The smallest absolute Gasteiger partial charge is 0.253 e. The van der Waals surface area contributed by atoms with Crippen molar-refractivity contribution in [1.82, 2.24) is 35.6 Å². The molecular formula is C44H67N7O6. The molecule has 0 saturated carbocycles. The zero-order valence-electron chi connectivity index (χ0n) is 36.1. The second-order valence-electron chi connectivity index (χ2n) is 17.2. The van der Waals surface area contributed by atoms with Gasteiger partial charge < -0.3 is 30.7 Å². The van der Waals surface area contributed by atoms with E-state index in [-0.39, 0.29) is 41.4 Å². The quantitative estimate of drug-likeness (QED) is 0.0823. The van der Waals surface area contributed by atoms with Crippen molar-refractivity contribution in [3.05, 3.63) is 59.8 Å². The monoisotopic (exact) mass is 790 g/mol. The molecule has 13 nitrogen and oxygen atoms in total. The van der Waals surface area contributed by atoms with Crippen LogP contribution in [-0.4, -0.2) is 102 Å². The summed E-state index contributed by atoms with van der Waals surface area (Å²) >= 11 is 0. The van der Waals surface area contributed by atoms with Crippen molar-refractivity contribution >= 4 is 46.3 Å². The number of rotatable bonds is 21. The van der Waals surface area contributed by atoms with Gasteiger partial charge in [0.2, 0.25) is 23.6 Å².